The van der Waals surface area contributed by atoms with E-state index in [2.05, 4.69) is 0 Å². The van der Waals surface area contributed by atoms with Crippen molar-refractivity contribution in [2.24, 2.45) is 0 Å². The molecule has 4 heteroatoms. The van der Waals surface area contributed by atoms with Crippen molar-refractivity contribution in [3.63, 3.8) is 0 Å². The molecule has 0 aliphatic heterocycles. The van der Waals surface area contributed by atoms with Crippen LogP contribution in [0.3, 0.4) is 0 Å². The molecule has 0 aliphatic carbocycles. The lowest BCUT2D eigenvalue weighted by Crippen LogP contribution is -2.26. The summed E-state index contributed by atoms with van der Waals surface area (Å²) in [6.07, 6.45) is -0.472. The second kappa shape index (κ2) is 5.45. The molecule has 1 aromatic rings. The van der Waals surface area contributed by atoms with Crippen LogP contribution in [0.2, 0.25) is 5.02 Å². The summed E-state index contributed by atoms with van der Waals surface area (Å²) >= 11 is 5.62. The van der Waals surface area contributed by atoms with E-state index in [0.29, 0.717) is 6.42 Å². The summed E-state index contributed by atoms with van der Waals surface area (Å²) in [5.41, 5.74) is 0.790. The molecule has 0 aliphatic rings. The van der Waals surface area contributed by atoms with Crippen LogP contribution in [-0.2, 0) is 11.2 Å². The number of halogens is 2. The first-order valence-corrected chi connectivity index (χ1v) is 5.07. The van der Waals surface area contributed by atoms with E-state index in [9.17, 15) is 9.50 Å². The molecule has 1 aromatic carbocycles. The third-order valence-corrected chi connectivity index (χ3v) is 2.63. The normalized spacial score (nSPS) is 15.0. The third kappa shape index (κ3) is 3.45. The molecule has 0 spiro atoms. The zero-order chi connectivity index (χ0) is 11.4. The maximum absolute atomic E-state index is 12.8. The van der Waals surface area contributed by atoms with E-state index < -0.39 is 11.9 Å². The first-order valence-electron chi connectivity index (χ1n) is 4.69. The lowest BCUT2D eigenvalue weighted by molar-refractivity contribution is 0.000402. The molecule has 2 atom stereocenters. The fraction of sp³-hybridized carbons (Fsp3) is 0.455. The van der Waals surface area contributed by atoms with Gasteiger partial charge in [0, 0.05) is 13.5 Å². The maximum Gasteiger partial charge on any atom is 0.141 e. The smallest absolute Gasteiger partial charge is 0.141 e. The molecule has 0 radical (unpaired) electrons. The molecular weight excluding hydrogens is 219 g/mol. The highest BCUT2D eigenvalue weighted by Gasteiger charge is 2.14. The summed E-state index contributed by atoms with van der Waals surface area (Å²) in [6, 6.07) is 4.41. The minimum atomic E-state index is -0.614. The molecule has 2 nitrogen and oxygen atoms in total. The van der Waals surface area contributed by atoms with Crippen molar-refractivity contribution in [3.05, 3.63) is 34.6 Å². The number of aliphatic hydroxyl groups excluding tert-OH is 1. The minimum absolute atomic E-state index is 0.0739. The number of benzene rings is 1. The van der Waals surface area contributed by atoms with E-state index in [1.54, 1.807) is 13.0 Å². The molecule has 0 saturated heterocycles. The van der Waals surface area contributed by atoms with Crippen LogP contribution in [-0.4, -0.2) is 24.4 Å². The molecule has 15 heavy (non-hydrogen) atoms. The number of rotatable bonds is 4. The van der Waals surface area contributed by atoms with Gasteiger partial charge in [-0.15, -0.1) is 0 Å². The quantitative estimate of drug-likeness (QED) is 0.864. The van der Waals surface area contributed by atoms with Gasteiger partial charge >= 0.3 is 0 Å². The summed E-state index contributed by atoms with van der Waals surface area (Å²) in [4.78, 5) is 0. The van der Waals surface area contributed by atoms with Crippen LogP contribution >= 0.6 is 11.6 Å². The molecule has 0 amide bonds. The highest BCUT2D eigenvalue weighted by molar-refractivity contribution is 6.30. The topological polar surface area (TPSA) is 29.5 Å². The van der Waals surface area contributed by atoms with Crippen LogP contribution in [0, 0.1) is 5.82 Å². The average molecular weight is 233 g/mol. The molecule has 0 bridgehead atoms. The van der Waals surface area contributed by atoms with Gasteiger partial charge in [0.05, 0.1) is 17.2 Å². The van der Waals surface area contributed by atoms with Crippen LogP contribution < -0.4 is 0 Å². The summed E-state index contributed by atoms with van der Waals surface area (Å²) < 4.78 is 17.8. The first kappa shape index (κ1) is 12.4. The minimum Gasteiger partial charge on any atom is -0.390 e. The van der Waals surface area contributed by atoms with Gasteiger partial charge < -0.3 is 9.84 Å². The summed E-state index contributed by atoms with van der Waals surface area (Å²) in [7, 11) is 1.53. The Balaban J connectivity index is 2.68. The Hall–Kier alpha value is -0.640. The summed E-state index contributed by atoms with van der Waals surface area (Å²) in [6.45, 7) is 1.77. The largest absolute Gasteiger partial charge is 0.390 e. The number of hydrogen-bond donors (Lipinski definition) is 1. The predicted molar refractivity (Wildman–Crippen MR) is 57.6 cm³/mol. The van der Waals surface area contributed by atoms with Gasteiger partial charge in [0.15, 0.2) is 0 Å². The van der Waals surface area contributed by atoms with E-state index in [4.69, 9.17) is 16.3 Å². The first-order chi connectivity index (χ1) is 7.04. The monoisotopic (exact) mass is 232 g/mol. The van der Waals surface area contributed by atoms with Gasteiger partial charge in [-0.1, -0.05) is 17.7 Å². The second-order valence-electron chi connectivity index (χ2n) is 3.46. The van der Waals surface area contributed by atoms with E-state index in [1.807, 2.05) is 0 Å². The average Bonchev–Trinajstić information content (AvgIpc) is 2.22. The van der Waals surface area contributed by atoms with Crippen molar-refractivity contribution in [1.82, 2.24) is 0 Å². The molecule has 2 unspecified atom stereocenters. The van der Waals surface area contributed by atoms with Crippen molar-refractivity contribution in [1.29, 1.82) is 0 Å². The zero-order valence-corrected chi connectivity index (χ0v) is 9.46. The third-order valence-electron chi connectivity index (χ3n) is 2.34. The zero-order valence-electron chi connectivity index (χ0n) is 8.71. The van der Waals surface area contributed by atoms with Gasteiger partial charge in [0.25, 0.3) is 0 Å². The number of aliphatic hydroxyl groups is 1. The Labute approximate surface area is 93.6 Å². The van der Waals surface area contributed by atoms with E-state index in [-0.39, 0.29) is 11.1 Å². The fourth-order valence-electron chi connectivity index (χ4n) is 1.23. The van der Waals surface area contributed by atoms with Crippen molar-refractivity contribution in [3.8, 4) is 0 Å². The van der Waals surface area contributed by atoms with Crippen LogP contribution in [0.1, 0.15) is 12.5 Å². The SMILES string of the molecule is COC(C)C(O)Cc1ccc(F)c(Cl)c1. The number of hydrogen-bond acceptors (Lipinski definition) is 2. The number of ether oxygens (including phenoxy) is 1. The Morgan fingerprint density at radius 2 is 2.20 bits per heavy atom. The maximum atomic E-state index is 12.8. The predicted octanol–water partition coefficient (Wildman–Crippen LogP) is 2.42. The molecule has 0 saturated carbocycles. The van der Waals surface area contributed by atoms with E-state index in [1.165, 1.54) is 19.2 Å². The van der Waals surface area contributed by atoms with Crippen LogP contribution in [0.4, 0.5) is 4.39 Å². The standard InChI is InChI=1S/C11H14ClFO2/c1-7(15-2)11(14)6-8-3-4-10(13)9(12)5-8/h3-5,7,11,14H,6H2,1-2H3. The summed E-state index contributed by atoms with van der Waals surface area (Å²) in [5, 5.41) is 9.74. The fourth-order valence-corrected chi connectivity index (χ4v) is 1.43. The molecule has 84 valence electrons. The number of methoxy groups -OCH3 is 1. The Morgan fingerprint density at radius 1 is 1.53 bits per heavy atom. The molecule has 0 aromatic heterocycles. The van der Waals surface area contributed by atoms with Crippen LogP contribution in [0.25, 0.3) is 0 Å². The van der Waals surface area contributed by atoms with Crippen LogP contribution in [0.15, 0.2) is 18.2 Å². The Bertz CT molecular complexity index is 330. The van der Waals surface area contributed by atoms with Gasteiger partial charge in [-0.05, 0) is 24.6 Å². The van der Waals surface area contributed by atoms with E-state index >= 15 is 0 Å². The Morgan fingerprint density at radius 3 is 2.73 bits per heavy atom. The van der Waals surface area contributed by atoms with Crippen molar-refractivity contribution in [2.75, 3.05) is 7.11 Å². The van der Waals surface area contributed by atoms with E-state index in [0.717, 1.165) is 5.56 Å². The molecule has 0 heterocycles. The van der Waals surface area contributed by atoms with Crippen molar-refractivity contribution >= 4 is 11.6 Å². The van der Waals surface area contributed by atoms with Gasteiger partial charge in [-0.3, -0.25) is 0 Å². The molecule has 1 rings (SSSR count). The molecule has 1 N–H and O–H groups in total. The molecule has 0 fully saturated rings. The van der Waals surface area contributed by atoms with Gasteiger partial charge in [-0.25, -0.2) is 4.39 Å². The van der Waals surface area contributed by atoms with Gasteiger partial charge in [0.2, 0.25) is 0 Å². The van der Waals surface area contributed by atoms with Crippen molar-refractivity contribution in [2.45, 2.75) is 25.6 Å². The highest BCUT2D eigenvalue weighted by atomic mass is 35.5. The van der Waals surface area contributed by atoms with Crippen LogP contribution in [0.5, 0.6) is 0 Å². The Kier molecular flexibility index (Phi) is 4.51. The highest BCUT2D eigenvalue weighted by Crippen LogP contribution is 2.17. The second-order valence-corrected chi connectivity index (χ2v) is 3.87. The van der Waals surface area contributed by atoms with Crippen molar-refractivity contribution < 1.29 is 14.2 Å². The van der Waals surface area contributed by atoms with Gasteiger partial charge in [0.1, 0.15) is 5.82 Å². The molecular formula is C11H14ClFO2. The summed E-state index contributed by atoms with van der Waals surface area (Å²) in [5.74, 6) is -0.449. The lowest BCUT2D eigenvalue weighted by atomic mass is 10.0. The lowest BCUT2D eigenvalue weighted by Gasteiger charge is -2.17. The van der Waals surface area contributed by atoms with Gasteiger partial charge in [-0.2, -0.15) is 0 Å².